The van der Waals surface area contributed by atoms with E-state index in [1.807, 2.05) is 38.1 Å². The van der Waals surface area contributed by atoms with Gasteiger partial charge in [-0.25, -0.2) is 8.42 Å². The number of anilines is 1. The Morgan fingerprint density at radius 1 is 0.909 bits per heavy atom. The number of methoxy groups -OCH3 is 2. The van der Waals surface area contributed by atoms with Gasteiger partial charge in [0.25, 0.3) is 10.0 Å². The van der Waals surface area contributed by atoms with Gasteiger partial charge in [0.15, 0.2) is 11.5 Å². The smallest absolute Gasteiger partial charge is 0.264 e. The van der Waals surface area contributed by atoms with Crippen molar-refractivity contribution in [3.63, 3.8) is 0 Å². The Morgan fingerprint density at radius 2 is 1.57 bits per heavy atom. The van der Waals surface area contributed by atoms with Crippen LogP contribution in [0.1, 0.15) is 56.6 Å². The highest BCUT2D eigenvalue weighted by atomic mass is 32.2. The predicted molar refractivity (Wildman–Crippen MR) is 171 cm³/mol. The van der Waals surface area contributed by atoms with Crippen LogP contribution in [0.15, 0.2) is 77.7 Å². The number of rotatable bonds is 13. The van der Waals surface area contributed by atoms with Gasteiger partial charge in [0.2, 0.25) is 11.8 Å². The second-order valence-corrected chi connectivity index (χ2v) is 13.0. The number of amides is 2. The molecular weight excluding hydrogens is 578 g/mol. The van der Waals surface area contributed by atoms with Gasteiger partial charge in [-0.3, -0.25) is 13.9 Å². The minimum absolute atomic E-state index is 0.0565. The molecule has 0 unspecified atom stereocenters. The molecule has 3 aromatic carbocycles. The van der Waals surface area contributed by atoms with E-state index in [1.165, 1.54) is 37.3 Å². The van der Waals surface area contributed by atoms with E-state index in [2.05, 4.69) is 5.32 Å². The summed E-state index contributed by atoms with van der Waals surface area (Å²) in [6, 6.07) is 19.9. The number of sulfonamides is 1. The summed E-state index contributed by atoms with van der Waals surface area (Å²) in [6.07, 6.45) is 5.50. The Kier molecular flexibility index (Phi) is 11.3. The Morgan fingerprint density at radius 3 is 2.18 bits per heavy atom. The van der Waals surface area contributed by atoms with Gasteiger partial charge < -0.3 is 19.7 Å². The van der Waals surface area contributed by atoms with E-state index in [0.717, 1.165) is 47.5 Å². The summed E-state index contributed by atoms with van der Waals surface area (Å²) in [5.41, 5.74) is 2.25. The highest BCUT2D eigenvalue weighted by Crippen LogP contribution is 2.32. The molecule has 1 N–H and O–H groups in total. The van der Waals surface area contributed by atoms with Crippen molar-refractivity contribution in [2.45, 2.75) is 75.9 Å². The number of carbonyl (C=O) groups is 2. The first kappa shape index (κ1) is 32.9. The molecule has 1 atom stereocenters. The molecule has 1 aliphatic carbocycles. The molecule has 2 amide bonds. The number of benzene rings is 3. The minimum Gasteiger partial charge on any atom is -0.493 e. The van der Waals surface area contributed by atoms with Gasteiger partial charge >= 0.3 is 0 Å². The van der Waals surface area contributed by atoms with Crippen molar-refractivity contribution >= 4 is 27.5 Å². The van der Waals surface area contributed by atoms with Crippen LogP contribution in [0.2, 0.25) is 0 Å². The standard InChI is InChI=1S/C34H43N3O6S/c1-5-30(34(39)35-27-12-8-6-9-13-27)36(23-26-18-16-25(2)17-19-26)33(38)24-37(28-14-10-7-11-15-28)44(40,41)29-20-21-31(42-3)32(22-29)43-4/h7,10-11,14-22,27,30H,5-6,8-9,12-13,23-24H2,1-4H3,(H,35,39)/t30-/m0/s1. The van der Waals surface area contributed by atoms with Crippen LogP contribution in [0.3, 0.4) is 0 Å². The monoisotopic (exact) mass is 621 g/mol. The normalized spacial score (nSPS) is 14.4. The summed E-state index contributed by atoms with van der Waals surface area (Å²) in [5.74, 6) is -0.0647. The van der Waals surface area contributed by atoms with Crippen molar-refractivity contribution in [1.82, 2.24) is 10.2 Å². The summed E-state index contributed by atoms with van der Waals surface area (Å²) in [6.45, 7) is 3.51. The van der Waals surface area contributed by atoms with Gasteiger partial charge in [-0.15, -0.1) is 0 Å². The number of hydrogen-bond donors (Lipinski definition) is 1. The van der Waals surface area contributed by atoms with Crippen LogP contribution in [-0.4, -0.2) is 58.0 Å². The lowest BCUT2D eigenvalue weighted by Gasteiger charge is -2.34. The zero-order valence-corrected chi connectivity index (χ0v) is 26.8. The molecule has 0 aromatic heterocycles. The van der Waals surface area contributed by atoms with Crippen molar-refractivity contribution < 1.29 is 27.5 Å². The van der Waals surface area contributed by atoms with Crippen molar-refractivity contribution in [2.75, 3.05) is 25.1 Å². The van der Waals surface area contributed by atoms with E-state index >= 15 is 0 Å². The van der Waals surface area contributed by atoms with Gasteiger partial charge in [-0.2, -0.15) is 0 Å². The van der Waals surface area contributed by atoms with E-state index in [1.54, 1.807) is 30.3 Å². The molecule has 0 saturated heterocycles. The zero-order chi connectivity index (χ0) is 31.7. The summed E-state index contributed by atoms with van der Waals surface area (Å²) < 4.78 is 40.1. The second-order valence-electron chi connectivity index (χ2n) is 11.1. The first-order chi connectivity index (χ1) is 21.2. The number of nitrogens with one attached hydrogen (secondary N) is 1. The fraction of sp³-hybridized carbons (Fsp3) is 0.412. The highest BCUT2D eigenvalue weighted by molar-refractivity contribution is 7.92. The molecule has 4 rings (SSSR count). The van der Waals surface area contributed by atoms with Gasteiger partial charge in [-0.05, 0) is 56.0 Å². The third-order valence-electron chi connectivity index (χ3n) is 8.08. The fourth-order valence-corrected chi connectivity index (χ4v) is 7.01. The Hall–Kier alpha value is -4.05. The molecule has 1 fully saturated rings. The van der Waals surface area contributed by atoms with E-state index in [-0.39, 0.29) is 29.1 Å². The van der Waals surface area contributed by atoms with Crippen molar-refractivity contribution in [2.24, 2.45) is 0 Å². The number of aryl methyl sites for hydroxylation is 1. The Balaban J connectivity index is 1.71. The number of para-hydroxylation sites is 1. The van der Waals surface area contributed by atoms with Crippen molar-refractivity contribution in [3.05, 3.63) is 83.9 Å². The molecule has 1 saturated carbocycles. The molecule has 0 aliphatic heterocycles. The van der Waals surface area contributed by atoms with E-state index in [4.69, 9.17) is 9.47 Å². The minimum atomic E-state index is -4.24. The maximum atomic E-state index is 14.3. The highest BCUT2D eigenvalue weighted by Gasteiger charge is 2.34. The van der Waals surface area contributed by atoms with Crippen LogP contribution in [0.4, 0.5) is 5.69 Å². The molecule has 1 aliphatic rings. The van der Waals surface area contributed by atoms with E-state index < -0.39 is 28.5 Å². The first-order valence-electron chi connectivity index (χ1n) is 15.1. The van der Waals surface area contributed by atoms with Crippen LogP contribution in [0.25, 0.3) is 0 Å². The van der Waals surface area contributed by atoms with Crippen LogP contribution in [0, 0.1) is 6.92 Å². The third kappa shape index (κ3) is 7.91. The number of hydrogen-bond acceptors (Lipinski definition) is 6. The molecule has 3 aromatic rings. The number of carbonyl (C=O) groups excluding carboxylic acids is 2. The molecule has 44 heavy (non-hydrogen) atoms. The van der Waals surface area contributed by atoms with Gasteiger partial charge in [0.05, 0.1) is 24.8 Å². The average molecular weight is 622 g/mol. The quantitative estimate of drug-likeness (QED) is 0.272. The van der Waals surface area contributed by atoms with E-state index in [0.29, 0.717) is 17.9 Å². The van der Waals surface area contributed by atoms with Crippen molar-refractivity contribution in [1.29, 1.82) is 0 Å². The van der Waals surface area contributed by atoms with Gasteiger partial charge in [0, 0.05) is 18.7 Å². The lowest BCUT2D eigenvalue weighted by molar-refractivity contribution is -0.140. The van der Waals surface area contributed by atoms with E-state index in [9.17, 15) is 18.0 Å². The lowest BCUT2D eigenvalue weighted by atomic mass is 9.95. The molecule has 10 heteroatoms. The van der Waals surface area contributed by atoms with Gasteiger partial charge in [-0.1, -0.05) is 74.2 Å². The summed E-state index contributed by atoms with van der Waals surface area (Å²) in [5, 5.41) is 3.17. The second kappa shape index (κ2) is 15.1. The predicted octanol–water partition coefficient (Wildman–Crippen LogP) is 5.46. The zero-order valence-electron chi connectivity index (χ0n) is 26.0. The molecule has 0 heterocycles. The maximum Gasteiger partial charge on any atom is 0.264 e. The molecule has 9 nitrogen and oxygen atoms in total. The summed E-state index contributed by atoms with van der Waals surface area (Å²) >= 11 is 0. The average Bonchev–Trinajstić information content (AvgIpc) is 3.04. The molecule has 236 valence electrons. The lowest BCUT2D eigenvalue weighted by Crippen LogP contribution is -2.54. The van der Waals surface area contributed by atoms with Crippen LogP contribution < -0.4 is 19.1 Å². The van der Waals surface area contributed by atoms with Gasteiger partial charge in [0.1, 0.15) is 12.6 Å². The third-order valence-corrected chi connectivity index (χ3v) is 9.85. The largest absolute Gasteiger partial charge is 0.493 e. The molecule has 0 radical (unpaired) electrons. The summed E-state index contributed by atoms with van der Waals surface area (Å²) in [4.78, 5) is 29.4. The topological polar surface area (TPSA) is 105 Å². The Labute approximate surface area is 261 Å². The SMILES string of the molecule is CC[C@@H](C(=O)NC1CCCCC1)N(Cc1ccc(C)cc1)C(=O)CN(c1ccccc1)S(=O)(=O)c1ccc(OC)c(OC)c1. The first-order valence-corrected chi connectivity index (χ1v) is 16.6. The fourth-order valence-electron chi connectivity index (χ4n) is 5.58. The van der Waals surface area contributed by atoms with Crippen LogP contribution >= 0.6 is 0 Å². The van der Waals surface area contributed by atoms with Crippen LogP contribution in [0.5, 0.6) is 11.5 Å². The molecule has 0 bridgehead atoms. The molecular formula is C34H43N3O6S. The van der Waals surface area contributed by atoms with Crippen LogP contribution in [-0.2, 0) is 26.2 Å². The molecule has 0 spiro atoms. The maximum absolute atomic E-state index is 14.3. The number of ether oxygens (including phenoxy) is 2. The summed E-state index contributed by atoms with van der Waals surface area (Å²) in [7, 11) is -1.34. The number of nitrogens with zero attached hydrogens (tertiary/aromatic N) is 2. The van der Waals surface area contributed by atoms with Crippen molar-refractivity contribution in [3.8, 4) is 11.5 Å². The Bertz CT molecular complexity index is 1510.